The van der Waals surface area contributed by atoms with Crippen LogP contribution in [0.3, 0.4) is 0 Å². The summed E-state index contributed by atoms with van der Waals surface area (Å²) in [6, 6.07) is 9.23. The van der Waals surface area contributed by atoms with Gasteiger partial charge in [-0.3, -0.25) is 19.8 Å². The molecule has 3 rings (SSSR count). The number of anilines is 1. The van der Waals surface area contributed by atoms with Gasteiger partial charge in [0.15, 0.2) is 0 Å². The topological polar surface area (TPSA) is 106 Å². The maximum absolute atomic E-state index is 12.5. The lowest BCUT2D eigenvalue weighted by molar-refractivity contribution is -0.384. The van der Waals surface area contributed by atoms with Gasteiger partial charge in [-0.1, -0.05) is 23.2 Å². The molecule has 1 aromatic heterocycles. The Morgan fingerprint density at radius 1 is 1.28 bits per heavy atom. The number of carbonyl (C=O) groups excluding carboxylic acids is 1. The molecular weight excluding hydrogens is 419 g/mol. The van der Waals surface area contributed by atoms with Crippen LogP contribution in [0.4, 0.5) is 11.4 Å². The molecule has 0 saturated heterocycles. The van der Waals surface area contributed by atoms with Crippen LogP contribution in [0.1, 0.15) is 5.56 Å². The molecule has 0 bridgehead atoms. The molecule has 2 aromatic carbocycles. The molecule has 150 valence electrons. The third kappa shape index (κ3) is 5.29. The van der Waals surface area contributed by atoms with Gasteiger partial charge in [0, 0.05) is 28.7 Å². The van der Waals surface area contributed by atoms with Crippen LogP contribution < -0.4 is 5.32 Å². The Balaban J connectivity index is 1.70. The second kappa shape index (κ2) is 8.99. The minimum Gasteiger partial charge on any atom is -0.323 e. The Morgan fingerprint density at radius 3 is 2.76 bits per heavy atom. The van der Waals surface area contributed by atoms with E-state index in [9.17, 15) is 14.9 Å². The Bertz CT molecular complexity index is 1040. The van der Waals surface area contributed by atoms with Gasteiger partial charge < -0.3 is 5.32 Å². The lowest BCUT2D eigenvalue weighted by Gasteiger charge is -2.18. The molecule has 0 radical (unpaired) electrons. The van der Waals surface area contributed by atoms with Crippen LogP contribution >= 0.6 is 23.2 Å². The van der Waals surface area contributed by atoms with Crippen LogP contribution in [0.5, 0.6) is 0 Å². The smallest absolute Gasteiger partial charge is 0.269 e. The van der Waals surface area contributed by atoms with Crippen molar-refractivity contribution < 1.29 is 9.72 Å². The summed E-state index contributed by atoms with van der Waals surface area (Å²) in [5.74, 6) is -0.294. The summed E-state index contributed by atoms with van der Waals surface area (Å²) in [6.45, 7) is 0.293. The Labute approximate surface area is 176 Å². The predicted octanol–water partition coefficient (Wildman–Crippen LogP) is 3.55. The molecule has 3 aromatic rings. The van der Waals surface area contributed by atoms with Crippen molar-refractivity contribution in [3.63, 3.8) is 0 Å². The van der Waals surface area contributed by atoms with Crippen LogP contribution in [0, 0.1) is 10.1 Å². The van der Waals surface area contributed by atoms with Crippen LogP contribution in [-0.2, 0) is 11.3 Å². The second-order valence-corrected chi connectivity index (χ2v) is 7.10. The summed E-state index contributed by atoms with van der Waals surface area (Å²) in [5, 5.41) is 18.7. The molecule has 1 N–H and O–H groups in total. The second-order valence-electron chi connectivity index (χ2n) is 6.25. The molecule has 0 spiro atoms. The normalized spacial score (nSPS) is 10.9. The Morgan fingerprint density at radius 2 is 2.07 bits per heavy atom. The fourth-order valence-electron chi connectivity index (χ4n) is 2.72. The first-order chi connectivity index (χ1) is 13.8. The molecule has 0 saturated carbocycles. The zero-order chi connectivity index (χ0) is 21.0. The molecule has 0 aliphatic carbocycles. The van der Waals surface area contributed by atoms with Crippen LogP contribution in [0.25, 0.3) is 5.69 Å². The number of halogens is 2. The van der Waals surface area contributed by atoms with Gasteiger partial charge in [-0.15, -0.1) is 0 Å². The Hall–Kier alpha value is -3.01. The molecule has 0 aliphatic rings. The van der Waals surface area contributed by atoms with Gasteiger partial charge in [-0.2, -0.15) is 5.10 Å². The van der Waals surface area contributed by atoms with Crippen LogP contribution in [0.2, 0.25) is 10.0 Å². The first-order valence-electron chi connectivity index (χ1n) is 8.39. The number of rotatable bonds is 7. The first kappa shape index (κ1) is 20.7. The van der Waals surface area contributed by atoms with Crippen molar-refractivity contribution in [2.45, 2.75) is 6.54 Å². The van der Waals surface area contributed by atoms with E-state index in [0.717, 1.165) is 0 Å². The van der Waals surface area contributed by atoms with E-state index in [-0.39, 0.29) is 24.7 Å². The van der Waals surface area contributed by atoms with Gasteiger partial charge in [-0.05, 0) is 36.9 Å². The SMILES string of the molecule is CN(CC(=O)Nc1cc(Cl)ccc1-n1cncn1)Cc1cc([N+](=O)[O-])ccc1Cl. The minimum atomic E-state index is -0.489. The largest absolute Gasteiger partial charge is 0.323 e. The predicted molar refractivity (Wildman–Crippen MR) is 109 cm³/mol. The van der Waals surface area contributed by atoms with E-state index in [4.69, 9.17) is 23.2 Å². The number of nitro benzene ring substituents is 1. The molecule has 11 heteroatoms. The zero-order valence-corrected chi connectivity index (χ0v) is 16.8. The summed E-state index contributed by atoms with van der Waals surface area (Å²) in [7, 11) is 1.71. The third-order valence-corrected chi connectivity index (χ3v) is 4.60. The van der Waals surface area contributed by atoms with Crippen LogP contribution in [0.15, 0.2) is 49.1 Å². The van der Waals surface area contributed by atoms with E-state index in [0.29, 0.717) is 27.0 Å². The molecule has 0 aliphatic heterocycles. The number of nitrogens with one attached hydrogen (secondary N) is 1. The molecule has 0 unspecified atom stereocenters. The monoisotopic (exact) mass is 434 g/mol. The number of amides is 1. The van der Waals surface area contributed by atoms with Gasteiger partial charge in [0.1, 0.15) is 12.7 Å². The van der Waals surface area contributed by atoms with Gasteiger partial charge in [0.05, 0.1) is 22.8 Å². The highest BCUT2D eigenvalue weighted by Crippen LogP contribution is 2.25. The fourth-order valence-corrected chi connectivity index (χ4v) is 3.07. The van der Waals surface area contributed by atoms with Crippen molar-refractivity contribution in [3.8, 4) is 5.69 Å². The number of non-ortho nitro benzene ring substituents is 1. The highest BCUT2D eigenvalue weighted by atomic mass is 35.5. The summed E-state index contributed by atoms with van der Waals surface area (Å²) < 4.78 is 1.51. The van der Waals surface area contributed by atoms with Crippen molar-refractivity contribution in [1.29, 1.82) is 0 Å². The van der Waals surface area contributed by atoms with Crippen molar-refractivity contribution in [3.05, 3.63) is 74.8 Å². The quantitative estimate of drug-likeness (QED) is 0.450. The number of aromatic nitrogens is 3. The third-order valence-electron chi connectivity index (χ3n) is 3.99. The van der Waals surface area contributed by atoms with E-state index in [1.807, 2.05) is 0 Å². The van der Waals surface area contributed by atoms with Crippen molar-refractivity contribution in [2.24, 2.45) is 0 Å². The molecule has 1 amide bonds. The summed E-state index contributed by atoms with van der Waals surface area (Å²) in [4.78, 5) is 28.6. The lowest BCUT2D eigenvalue weighted by atomic mass is 10.2. The molecule has 1 heterocycles. The molecule has 9 nitrogen and oxygen atoms in total. The number of nitrogens with zero attached hydrogens (tertiary/aromatic N) is 5. The minimum absolute atomic E-state index is 0.0301. The van der Waals surface area contributed by atoms with Crippen LogP contribution in [-0.4, -0.2) is 44.1 Å². The number of nitro groups is 1. The van der Waals surface area contributed by atoms with E-state index in [1.54, 1.807) is 30.1 Å². The molecular formula is C18H16Cl2N6O3. The van der Waals surface area contributed by atoms with Crippen molar-refractivity contribution >= 4 is 40.5 Å². The highest BCUT2D eigenvalue weighted by molar-refractivity contribution is 6.31. The first-order valence-corrected chi connectivity index (χ1v) is 9.15. The van der Waals surface area contributed by atoms with Crippen molar-refractivity contribution in [2.75, 3.05) is 18.9 Å². The maximum Gasteiger partial charge on any atom is 0.269 e. The number of carbonyl (C=O) groups is 1. The highest BCUT2D eigenvalue weighted by Gasteiger charge is 2.15. The lowest BCUT2D eigenvalue weighted by Crippen LogP contribution is -2.30. The number of hydrogen-bond donors (Lipinski definition) is 1. The van der Waals surface area contributed by atoms with Gasteiger partial charge >= 0.3 is 0 Å². The zero-order valence-electron chi connectivity index (χ0n) is 15.2. The maximum atomic E-state index is 12.5. The molecule has 0 fully saturated rings. The standard InChI is InChI=1S/C18H16Cl2N6O3/c1-24(8-12-6-14(26(28)29)3-4-15(12)20)9-18(27)23-16-7-13(19)2-5-17(16)25-11-21-10-22-25/h2-7,10-11H,8-9H2,1H3,(H,23,27). The number of benzene rings is 2. The number of hydrogen-bond acceptors (Lipinski definition) is 6. The van der Waals surface area contributed by atoms with Gasteiger partial charge in [0.25, 0.3) is 5.69 Å². The van der Waals surface area contributed by atoms with E-state index in [2.05, 4.69) is 15.4 Å². The summed E-state index contributed by atoms with van der Waals surface area (Å²) in [6.07, 6.45) is 2.89. The summed E-state index contributed by atoms with van der Waals surface area (Å²) >= 11 is 12.2. The molecule has 29 heavy (non-hydrogen) atoms. The summed E-state index contributed by atoms with van der Waals surface area (Å²) in [5.41, 5.74) is 1.60. The fraction of sp³-hybridized carbons (Fsp3) is 0.167. The Kier molecular flexibility index (Phi) is 6.42. The number of likely N-dealkylation sites (N-methyl/N-ethyl adjacent to an activating group) is 1. The van der Waals surface area contributed by atoms with Gasteiger partial charge in [0.2, 0.25) is 5.91 Å². The average molecular weight is 435 g/mol. The van der Waals surface area contributed by atoms with Crippen molar-refractivity contribution in [1.82, 2.24) is 19.7 Å². The van der Waals surface area contributed by atoms with E-state index < -0.39 is 4.92 Å². The van der Waals surface area contributed by atoms with Gasteiger partial charge in [-0.25, -0.2) is 9.67 Å². The molecule has 0 atom stereocenters. The van der Waals surface area contributed by atoms with E-state index >= 15 is 0 Å². The average Bonchev–Trinajstić information content (AvgIpc) is 3.17. The van der Waals surface area contributed by atoms with E-state index in [1.165, 1.54) is 35.5 Å².